The molecule has 0 aromatic heterocycles. The molecule has 0 aromatic carbocycles. The van der Waals surface area contributed by atoms with Crippen LogP contribution in [0.3, 0.4) is 0 Å². The molecule has 1 fully saturated rings. The second-order valence-electron chi connectivity index (χ2n) is 3.69. The minimum absolute atomic E-state index is 0.0453. The average molecular weight is 195 g/mol. The number of carbonyl (C=O) groups excluding carboxylic acids is 1. The molecule has 0 aromatic rings. The maximum Gasteiger partial charge on any atom is 0.234 e. The van der Waals surface area contributed by atoms with Crippen LogP contribution in [0.5, 0.6) is 0 Å². The molecule has 0 saturated heterocycles. The van der Waals surface area contributed by atoms with Crippen molar-refractivity contribution in [2.75, 3.05) is 6.54 Å². The zero-order valence-electron chi connectivity index (χ0n) is 8.55. The molecule has 0 aliphatic heterocycles. The van der Waals surface area contributed by atoms with E-state index in [-0.39, 0.29) is 11.9 Å². The van der Waals surface area contributed by atoms with E-state index in [1.54, 1.807) is 0 Å². The minimum atomic E-state index is 0.0453. The van der Waals surface area contributed by atoms with Gasteiger partial charge in [0, 0.05) is 12.1 Å². The maximum absolute atomic E-state index is 11.3. The van der Waals surface area contributed by atoms with E-state index in [4.69, 9.17) is 5.26 Å². The first-order valence-electron chi connectivity index (χ1n) is 5.16. The Morgan fingerprint density at radius 3 is 2.86 bits per heavy atom. The number of nitrogens with one attached hydrogen (secondary N) is 2. The van der Waals surface area contributed by atoms with Crippen LogP contribution in [0.4, 0.5) is 0 Å². The first kappa shape index (κ1) is 11.0. The van der Waals surface area contributed by atoms with E-state index in [9.17, 15) is 4.79 Å². The summed E-state index contributed by atoms with van der Waals surface area (Å²) in [5, 5.41) is 14.5. The second-order valence-corrected chi connectivity index (χ2v) is 3.69. The summed E-state index contributed by atoms with van der Waals surface area (Å²) in [6, 6.07) is 2.66. The van der Waals surface area contributed by atoms with Crippen molar-refractivity contribution in [3.63, 3.8) is 0 Å². The van der Waals surface area contributed by atoms with Gasteiger partial charge in [-0.05, 0) is 19.3 Å². The number of carbonyl (C=O) groups is 1. The van der Waals surface area contributed by atoms with Crippen LogP contribution < -0.4 is 10.6 Å². The van der Waals surface area contributed by atoms with E-state index in [0.29, 0.717) is 19.0 Å². The van der Waals surface area contributed by atoms with Gasteiger partial charge in [0.15, 0.2) is 0 Å². The van der Waals surface area contributed by atoms with E-state index < -0.39 is 0 Å². The lowest BCUT2D eigenvalue weighted by Gasteiger charge is -2.12. The van der Waals surface area contributed by atoms with Crippen LogP contribution in [-0.4, -0.2) is 24.5 Å². The average Bonchev–Trinajstić information content (AvgIpc) is 2.96. The Kier molecular flexibility index (Phi) is 4.41. The van der Waals surface area contributed by atoms with E-state index in [2.05, 4.69) is 16.7 Å². The lowest BCUT2D eigenvalue weighted by Crippen LogP contribution is -2.39. The summed E-state index contributed by atoms with van der Waals surface area (Å²) in [6.45, 7) is 2.34. The fraction of sp³-hybridized carbons (Fsp3) is 0.800. The van der Waals surface area contributed by atoms with Gasteiger partial charge < -0.3 is 10.6 Å². The van der Waals surface area contributed by atoms with Crippen LogP contribution in [0.15, 0.2) is 0 Å². The van der Waals surface area contributed by atoms with Gasteiger partial charge in [-0.3, -0.25) is 4.79 Å². The SMILES string of the molecule is CCC(CC#N)NCC(=O)NC1CC1. The van der Waals surface area contributed by atoms with Crippen molar-refractivity contribution in [1.29, 1.82) is 5.26 Å². The van der Waals surface area contributed by atoms with Crippen LogP contribution in [0, 0.1) is 11.3 Å². The van der Waals surface area contributed by atoms with Crippen LogP contribution in [-0.2, 0) is 4.79 Å². The zero-order valence-corrected chi connectivity index (χ0v) is 8.55. The molecule has 4 nitrogen and oxygen atoms in total. The zero-order chi connectivity index (χ0) is 10.4. The molecule has 1 aliphatic rings. The van der Waals surface area contributed by atoms with E-state index in [1.807, 2.05) is 6.92 Å². The second kappa shape index (κ2) is 5.61. The van der Waals surface area contributed by atoms with Gasteiger partial charge in [0.05, 0.1) is 19.0 Å². The molecule has 1 rings (SSSR count). The van der Waals surface area contributed by atoms with Crippen molar-refractivity contribution in [3.8, 4) is 6.07 Å². The summed E-state index contributed by atoms with van der Waals surface area (Å²) in [5.41, 5.74) is 0. The lowest BCUT2D eigenvalue weighted by molar-refractivity contribution is -0.120. The predicted molar refractivity (Wildman–Crippen MR) is 53.5 cm³/mol. The molecule has 0 heterocycles. The number of nitrogens with zero attached hydrogens (tertiary/aromatic N) is 1. The molecule has 14 heavy (non-hydrogen) atoms. The Morgan fingerprint density at radius 1 is 1.64 bits per heavy atom. The van der Waals surface area contributed by atoms with Crippen LogP contribution >= 0.6 is 0 Å². The van der Waals surface area contributed by atoms with Gasteiger partial charge in [0.2, 0.25) is 5.91 Å². The highest BCUT2D eigenvalue weighted by atomic mass is 16.2. The summed E-state index contributed by atoms with van der Waals surface area (Å²) in [6.07, 6.45) is 3.57. The third kappa shape index (κ3) is 4.24. The monoisotopic (exact) mass is 195 g/mol. The van der Waals surface area contributed by atoms with Crippen molar-refractivity contribution in [1.82, 2.24) is 10.6 Å². The van der Waals surface area contributed by atoms with Gasteiger partial charge in [-0.25, -0.2) is 0 Å². The highest BCUT2D eigenvalue weighted by molar-refractivity contribution is 5.78. The van der Waals surface area contributed by atoms with Gasteiger partial charge in [0.25, 0.3) is 0 Å². The molecule has 0 spiro atoms. The van der Waals surface area contributed by atoms with Gasteiger partial charge in [-0.2, -0.15) is 5.26 Å². The summed E-state index contributed by atoms with van der Waals surface area (Å²) < 4.78 is 0. The van der Waals surface area contributed by atoms with Crippen LogP contribution in [0.2, 0.25) is 0 Å². The van der Waals surface area contributed by atoms with Crippen molar-refractivity contribution in [3.05, 3.63) is 0 Å². The van der Waals surface area contributed by atoms with Crippen LogP contribution in [0.25, 0.3) is 0 Å². The van der Waals surface area contributed by atoms with Gasteiger partial charge >= 0.3 is 0 Å². The van der Waals surface area contributed by atoms with E-state index in [1.165, 1.54) is 0 Å². The Hall–Kier alpha value is -1.08. The fourth-order valence-corrected chi connectivity index (χ4v) is 1.21. The molecule has 1 unspecified atom stereocenters. The standard InChI is InChI=1S/C10H17N3O/c1-2-8(5-6-11)12-7-10(14)13-9-3-4-9/h8-9,12H,2-5,7H2,1H3,(H,13,14). The van der Waals surface area contributed by atoms with Crippen LogP contribution in [0.1, 0.15) is 32.6 Å². The highest BCUT2D eigenvalue weighted by Gasteiger charge is 2.23. The number of hydrogen-bond donors (Lipinski definition) is 2. The first-order chi connectivity index (χ1) is 6.76. The van der Waals surface area contributed by atoms with Crippen molar-refractivity contribution in [2.45, 2.75) is 44.7 Å². The topological polar surface area (TPSA) is 64.9 Å². The molecule has 0 bridgehead atoms. The molecule has 1 saturated carbocycles. The quantitative estimate of drug-likeness (QED) is 0.650. The molecular formula is C10H17N3O. The van der Waals surface area contributed by atoms with Crippen molar-refractivity contribution in [2.24, 2.45) is 0 Å². The third-order valence-corrected chi connectivity index (χ3v) is 2.32. The predicted octanol–water partition coefficient (Wildman–Crippen LogP) is 0.547. The molecule has 1 atom stereocenters. The smallest absolute Gasteiger partial charge is 0.234 e. The van der Waals surface area contributed by atoms with Crippen molar-refractivity contribution >= 4 is 5.91 Å². The van der Waals surface area contributed by atoms with E-state index in [0.717, 1.165) is 19.3 Å². The summed E-state index contributed by atoms with van der Waals surface area (Å²) in [7, 11) is 0. The van der Waals surface area contributed by atoms with E-state index >= 15 is 0 Å². The lowest BCUT2D eigenvalue weighted by atomic mass is 10.2. The Morgan fingerprint density at radius 2 is 2.36 bits per heavy atom. The fourth-order valence-electron chi connectivity index (χ4n) is 1.21. The molecular weight excluding hydrogens is 178 g/mol. The number of nitriles is 1. The van der Waals surface area contributed by atoms with Crippen molar-refractivity contribution < 1.29 is 4.79 Å². The molecule has 1 aliphatic carbocycles. The maximum atomic E-state index is 11.3. The number of hydrogen-bond acceptors (Lipinski definition) is 3. The Balaban J connectivity index is 2.10. The number of rotatable bonds is 6. The summed E-state index contributed by atoms with van der Waals surface area (Å²) >= 11 is 0. The molecule has 4 heteroatoms. The molecule has 78 valence electrons. The first-order valence-corrected chi connectivity index (χ1v) is 5.16. The molecule has 1 amide bonds. The Bertz CT molecular complexity index is 230. The summed E-state index contributed by atoms with van der Waals surface area (Å²) in [5.74, 6) is 0.0453. The van der Waals surface area contributed by atoms with Gasteiger partial charge in [0.1, 0.15) is 0 Å². The normalized spacial score (nSPS) is 17.1. The van der Waals surface area contributed by atoms with Gasteiger partial charge in [-0.15, -0.1) is 0 Å². The van der Waals surface area contributed by atoms with Gasteiger partial charge in [-0.1, -0.05) is 6.92 Å². The Labute approximate surface area is 84.7 Å². The molecule has 2 N–H and O–H groups in total. The highest BCUT2D eigenvalue weighted by Crippen LogP contribution is 2.18. The summed E-state index contributed by atoms with van der Waals surface area (Å²) in [4.78, 5) is 11.3. The minimum Gasteiger partial charge on any atom is -0.352 e. The molecule has 0 radical (unpaired) electrons. The third-order valence-electron chi connectivity index (χ3n) is 2.32. The number of amides is 1. The largest absolute Gasteiger partial charge is 0.352 e.